The molecule has 1 unspecified atom stereocenters. The standard InChI is InChI=1S/C32H49N4O13PSi/c1-18-14-35(29(39)33-26(18)37)23-13-20(21(45-23)17-44-51(7,8)31(2,3)4)49-50(41)42-12-10-9-11-19-15-36(30(40)34-27(19)38)28-25-24(22(46-28)16-43-50)47-32(5,6)48-25/h14-15,20-25,28H,9-13,16-17H2,1-8H3,(H,33,37,39)(H,34,38,40)/t20-,21+,22+,23+,24+,25+,28+,50?/m0/s1. The maximum Gasteiger partial charge on any atom is 0.475 e. The van der Waals surface area contributed by atoms with Crippen molar-refractivity contribution in [2.45, 2.75) is 134 Å². The number of aromatic nitrogens is 4. The molecule has 6 rings (SSSR count). The molecular formula is C32H49N4O13PSi. The third-order valence-corrected chi connectivity index (χ3v) is 16.2. The number of aryl methyl sites for hydroxylation is 2. The van der Waals surface area contributed by atoms with Gasteiger partial charge in [-0.3, -0.25) is 42.3 Å². The summed E-state index contributed by atoms with van der Waals surface area (Å²) in [6.45, 7) is 15.2. The number of phosphoric acid groups is 1. The summed E-state index contributed by atoms with van der Waals surface area (Å²) < 4.78 is 66.6. The lowest BCUT2D eigenvalue weighted by Crippen LogP contribution is -2.44. The van der Waals surface area contributed by atoms with E-state index in [9.17, 15) is 23.7 Å². The highest BCUT2D eigenvalue weighted by atomic mass is 31.2. The van der Waals surface area contributed by atoms with Gasteiger partial charge in [0.2, 0.25) is 0 Å². The number of nitrogens with zero attached hydrogens (tertiary/aromatic N) is 2. The van der Waals surface area contributed by atoms with Gasteiger partial charge in [-0.25, -0.2) is 14.2 Å². The molecule has 0 aliphatic carbocycles. The zero-order valence-corrected chi connectivity index (χ0v) is 32.2. The minimum atomic E-state index is -4.39. The van der Waals surface area contributed by atoms with E-state index in [1.807, 2.05) is 0 Å². The molecule has 0 spiro atoms. The second-order valence-electron chi connectivity index (χ2n) is 15.5. The summed E-state index contributed by atoms with van der Waals surface area (Å²) in [5, 5.41) is -0.119. The summed E-state index contributed by atoms with van der Waals surface area (Å²) in [6, 6.07) is 0. The van der Waals surface area contributed by atoms with Crippen molar-refractivity contribution < 1.29 is 41.5 Å². The Hall–Kier alpha value is -2.51. The Morgan fingerprint density at radius 3 is 2.37 bits per heavy atom. The van der Waals surface area contributed by atoms with Gasteiger partial charge in [-0.2, -0.15) is 0 Å². The van der Waals surface area contributed by atoms with Crippen molar-refractivity contribution in [1.82, 2.24) is 19.1 Å². The molecule has 284 valence electrons. The minimum absolute atomic E-state index is 0.0393. The highest BCUT2D eigenvalue weighted by Gasteiger charge is 2.57. The van der Waals surface area contributed by atoms with E-state index in [0.29, 0.717) is 30.4 Å². The first-order chi connectivity index (χ1) is 23.8. The Morgan fingerprint density at radius 1 is 0.961 bits per heavy atom. The first-order valence-electron chi connectivity index (χ1n) is 17.3. The Labute approximate surface area is 295 Å². The third-order valence-electron chi connectivity index (χ3n) is 10.2. The average Bonchev–Trinajstić information content (AvgIpc) is 3.67. The summed E-state index contributed by atoms with van der Waals surface area (Å²) in [5.74, 6) is -1.03. The van der Waals surface area contributed by atoms with Crippen LogP contribution in [0.25, 0.3) is 0 Å². The van der Waals surface area contributed by atoms with E-state index < -0.39 is 87.4 Å². The summed E-state index contributed by atoms with van der Waals surface area (Å²) in [4.78, 5) is 55.3. The smallest absolute Gasteiger partial charge is 0.414 e. The van der Waals surface area contributed by atoms with Crippen LogP contribution in [0.3, 0.4) is 0 Å². The van der Waals surface area contributed by atoms with Crippen molar-refractivity contribution in [3.8, 4) is 0 Å². The van der Waals surface area contributed by atoms with Gasteiger partial charge in [0.05, 0.1) is 19.8 Å². The fourth-order valence-electron chi connectivity index (χ4n) is 6.37. The molecular weight excluding hydrogens is 707 g/mol. The fourth-order valence-corrected chi connectivity index (χ4v) is 8.82. The van der Waals surface area contributed by atoms with Crippen LogP contribution in [0.1, 0.15) is 77.5 Å². The van der Waals surface area contributed by atoms with Gasteiger partial charge in [-0.15, -0.1) is 0 Å². The first-order valence-corrected chi connectivity index (χ1v) is 21.7. The van der Waals surface area contributed by atoms with Crippen LogP contribution in [0.15, 0.2) is 31.6 Å². The zero-order chi connectivity index (χ0) is 37.1. The molecule has 6 heterocycles. The second-order valence-corrected chi connectivity index (χ2v) is 22.0. The molecule has 0 radical (unpaired) electrons. The summed E-state index contributed by atoms with van der Waals surface area (Å²) in [5.41, 5.74) is -1.65. The van der Waals surface area contributed by atoms with Gasteiger partial charge < -0.3 is 23.4 Å². The van der Waals surface area contributed by atoms with Crippen LogP contribution in [-0.4, -0.2) is 83.5 Å². The van der Waals surface area contributed by atoms with Crippen molar-refractivity contribution in [3.63, 3.8) is 0 Å². The van der Waals surface area contributed by atoms with Crippen LogP contribution in [-0.2, 0) is 47.9 Å². The normalized spacial score (nSPS) is 32.8. The maximum atomic E-state index is 14.6. The van der Waals surface area contributed by atoms with Crippen molar-refractivity contribution in [1.29, 1.82) is 0 Å². The van der Waals surface area contributed by atoms with Gasteiger partial charge in [0.1, 0.15) is 36.7 Å². The minimum Gasteiger partial charge on any atom is -0.414 e. The van der Waals surface area contributed by atoms with Crippen molar-refractivity contribution in [3.05, 3.63) is 65.2 Å². The van der Waals surface area contributed by atoms with Crippen molar-refractivity contribution in [2.75, 3.05) is 19.8 Å². The molecule has 2 N–H and O–H groups in total. The van der Waals surface area contributed by atoms with Crippen molar-refractivity contribution in [2.24, 2.45) is 0 Å². The van der Waals surface area contributed by atoms with Crippen LogP contribution in [0, 0.1) is 6.92 Å². The van der Waals surface area contributed by atoms with Gasteiger partial charge in [0.25, 0.3) is 11.1 Å². The molecule has 0 saturated carbocycles. The molecule has 0 aromatic carbocycles. The quantitative estimate of drug-likeness (QED) is 0.322. The summed E-state index contributed by atoms with van der Waals surface area (Å²) >= 11 is 0. The molecule has 8 atom stereocenters. The second kappa shape index (κ2) is 14.0. The SMILES string of the molecule is Cc1cn([C@H]2C[C@H](OP3(=O)OCCCCc4cn(c(=O)[nH]c4=O)[C@@H]4O[C@H](CO3)[C@H]3OC(C)(C)O[C@H]34)[C@@H](CO[Si](C)(C)C(C)(C)C)O2)c(=O)[nH]c1=O. The molecule has 3 saturated heterocycles. The van der Waals surface area contributed by atoms with Crippen LogP contribution >= 0.6 is 7.82 Å². The van der Waals surface area contributed by atoms with E-state index in [1.165, 1.54) is 21.5 Å². The van der Waals surface area contributed by atoms with Gasteiger partial charge in [-0.05, 0) is 58.2 Å². The molecule has 2 aromatic heterocycles. The van der Waals surface area contributed by atoms with Crippen LogP contribution in [0.5, 0.6) is 0 Å². The highest BCUT2D eigenvalue weighted by Crippen LogP contribution is 2.54. The highest BCUT2D eigenvalue weighted by molar-refractivity contribution is 7.48. The lowest BCUT2D eigenvalue weighted by Gasteiger charge is -2.37. The number of nitrogens with one attached hydrogen (secondary N) is 2. The topological polar surface area (TPSA) is 201 Å². The molecule has 17 nitrogen and oxygen atoms in total. The van der Waals surface area contributed by atoms with Crippen LogP contribution in [0.2, 0.25) is 18.1 Å². The summed E-state index contributed by atoms with van der Waals surface area (Å²) in [7, 11) is -6.68. The Bertz CT molecular complexity index is 1900. The number of fused-ring (bicyclic) bond motifs is 8. The molecule has 3 fully saturated rings. The molecule has 4 bridgehead atoms. The fraction of sp³-hybridized carbons (Fsp3) is 0.750. The third kappa shape index (κ3) is 8.05. The molecule has 4 aliphatic heterocycles. The van der Waals surface area contributed by atoms with E-state index in [1.54, 1.807) is 20.8 Å². The molecule has 4 aliphatic rings. The number of phosphoric ester groups is 1. The lowest BCUT2D eigenvalue weighted by molar-refractivity contribution is -0.200. The van der Waals surface area contributed by atoms with Gasteiger partial charge >= 0.3 is 19.2 Å². The first kappa shape index (κ1) is 38.2. The Balaban J connectivity index is 1.29. The molecule has 2 aromatic rings. The molecule has 0 amide bonds. The number of hydrogen-bond acceptors (Lipinski definition) is 13. The number of ether oxygens (including phenoxy) is 4. The van der Waals surface area contributed by atoms with Crippen LogP contribution < -0.4 is 22.5 Å². The average molecular weight is 757 g/mol. The van der Waals surface area contributed by atoms with E-state index >= 15 is 0 Å². The predicted octanol–water partition coefficient (Wildman–Crippen LogP) is 2.98. The Morgan fingerprint density at radius 2 is 1.65 bits per heavy atom. The number of rotatable bonds is 6. The predicted molar refractivity (Wildman–Crippen MR) is 184 cm³/mol. The number of hydrogen-bond donors (Lipinski definition) is 2. The van der Waals surface area contributed by atoms with Crippen LogP contribution in [0.4, 0.5) is 0 Å². The van der Waals surface area contributed by atoms with Gasteiger partial charge in [0.15, 0.2) is 20.3 Å². The van der Waals surface area contributed by atoms with E-state index in [0.717, 1.165) is 0 Å². The maximum absolute atomic E-state index is 14.6. The number of aromatic amines is 2. The Kier molecular flexibility index (Phi) is 10.5. The largest absolute Gasteiger partial charge is 0.475 e. The van der Waals surface area contributed by atoms with E-state index in [2.05, 4.69) is 43.8 Å². The van der Waals surface area contributed by atoms with Crippen molar-refractivity contribution >= 4 is 16.1 Å². The van der Waals surface area contributed by atoms with Gasteiger partial charge in [0, 0.05) is 29.9 Å². The monoisotopic (exact) mass is 756 g/mol. The van der Waals surface area contributed by atoms with Gasteiger partial charge in [-0.1, -0.05) is 20.8 Å². The lowest BCUT2D eigenvalue weighted by atomic mass is 10.1. The van der Waals surface area contributed by atoms with E-state index in [4.69, 9.17) is 36.9 Å². The molecule has 19 heteroatoms. The van der Waals surface area contributed by atoms with E-state index in [-0.39, 0.29) is 31.3 Å². The molecule has 51 heavy (non-hydrogen) atoms. The summed E-state index contributed by atoms with van der Waals surface area (Å²) in [6.07, 6.45) is -1.82. The zero-order valence-electron chi connectivity index (χ0n) is 30.3. The number of H-pyrrole nitrogens is 2.